The highest BCUT2D eigenvalue weighted by Crippen LogP contribution is 2.33. The van der Waals surface area contributed by atoms with Gasteiger partial charge in [0.2, 0.25) is 23.6 Å². The number of epoxide rings is 1. The van der Waals surface area contributed by atoms with E-state index in [-0.39, 0.29) is 37.0 Å². The first-order chi connectivity index (χ1) is 19.6. The number of rotatable bonds is 13. The zero-order chi connectivity index (χ0) is 29.6. The summed E-state index contributed by atoms with van der Waals surface area (Å²) >= 11 is 0. The predicted octanol–water partition coefficient (Wildman–Crippen LogP) is 1.18. The third-order valence-corrected chi connectivity index (χ3v) is 8.40. The average Bonchev–Trinajstić information content (AvgIpc) is 3.50. The Kier molecular flexibility index (Phi) is 10.0. The molecule has 3 aliphatic rings. The standard InChI is InChI=1S/C30H42N4O7/c1-18(32-28(38)21-10-13-25(35)31-16-21)27(37)34-24(15-20-8-11-22(40-3)12-9-20)29(39)33-23(14-19-6-4-5-7-19)26(36)30(2)17-41-30/h8-9,11-12,18-19,21,23-24H,4-7,10,13-17H2,1-3H3,(H,31,35)(H,32,38)(H,33,39)(H,34,37). The minimum atomic E-state index is -0.990. The van der Waals surface area contributed by atoms with E-state index in [1.54, 1.807) is 33.1 Å². The first-order valence-corrected chi connectivity index (χ1v) is 14.6. The second-order valence-electron chi connectivity index (χ2n) is 11.7. The summed E-state index contributed by atoms with van der Waals surface area (Å²) in [6.07, 6.45) is 5.64. The van der Waals surface area contributed by atoms with Gasteiger partial charge in [-0.1, -0.05) is 37.8 Å². The van der Waals surface area contributed by atoms with Crippen molar-refractivity contribution in [2.24, 2.45) is 11.8 Å². The van der Waals surface area contributed by atoms with Gasteiger partial charge >= 0.3 is 0 Å². The van der Waals surface area contributed by atoms with Gasteiger partial charge in [0.25, 0.3) is 0 Å². The number of amides is 4. The van der Waals surface area contributed by atoms with Gasteiger partial charge in [-0.15, -0.1) is 0 Å². The smallest absolute Gasteiger partial charge is 0.243 e. The Bertz CT molecular complexity index is 1120. The summed E-state index contributed by atoms with van der Waals surface area (Å²) in [6.45, 7) is 3.84. The van der Waals surface area contributed by atoms with Crippen molar-refractivity contribution in [1.29, 1.82) is 0 Å². The lowest BCUT2D eigenvalue weighted by Gasteiger charge is -2.27. The lowest BCUT2D eigenvalue weighted by Crippen LogP contribution is -2.57. The molecule has 11 nitrogen and oxygen atoms in total. The molecule has 4 N–H and O–H groups in total. The molecule has 0 bridgehead atoms. The van der Waals surface area contributed by atoms with E-state index in [0.717, 1.165) is 31.2 Å². The van der Waals surface area contributed by atoms with Crippen LogP contribution in [0.25, 0.3) is 0 Å². The predicted molar refractivity (Wildman–Crippen MR) is 150 cm³/mol. The number of methoxy groups -OCH3 is 1. The number of carbonyl (C=O) groups is 5. The van der Waals surface area contributed by atoms with Crippen LogP contribution in [0.3, 0.4) is 0 Å². The van der Waals surface area contributed by atoms with E-state index in [9.17, 15) is 24.0 Å². The molecular formula is C30H42N4O7. The quantitative estimate of drug-likeness (QED) is 0.260. The number of benzene rings is 1. The van der Waals surface area contributed by atoms with Gasteiger partial charge in [-0.25, -0.2) is 0 Å². The Morgan fingerprint density at radius 2 is 1.68 bits per heavy atom. The van der Waals surface area contributed by atoms with Gasteiger partial charge in [0, 0.05) is 19.4 Å². The molecule has 5 unspecified atom stereocenters. The molecule has 4 amide bonds. The minimum Gasteiger partial charge on any atom is -0.497 e. The van der Waals surface area contributed by atoms with E-state index in [1.165, 1.54) is 0 Å². The maximum Gasteiger partial charge on any atom is 0.243 e. The molecule has 2 aliphatic heterocycles. The molecule has 1 aromatic carbocycles. The van der Waals surface area contributed by atoms with Gasteiger partial charge < -0.3 is 30.7 Å². The van der Waals surface area contributed by atoms with Crippen LogP contribution < -0.4 is 26.0 Å². The largest absolute Gasteiger partial charge is 0.497 e. The fourth-order valence-electron chi connectivity index (χ4n) is 5.56. The van der Waals surface area contributed by atoms with Crippen molar-refractivity contribution in [2.75, 3.05) is 20.3 Å². The Morgan fingerprint density at radius 1 is 1.02 bits per heavy atom. The van der Waals surface area contributed by atoms with Crippen molar-refractivity contribution in [3.8, 4) is 5.75 Å². The fourth-order valence-corrected chi connectivity index (χ4v) is 5.56. The molecule has 5 atom stereocenters. The SMILES string of the molecule is COc1ccc(CC(NC(=O)C(C)NC(=O)C2CCC(=O)NC2)C(=O)NC(CC2CCCC2)C(=O)C2(C)CO2)cc1. The van der Waals surface area contributed by atoms with Crippen molar-refractivity contribution < 1.29 is 33.4 Å². The number of piperidine rings is 1. The Balaban J connectivity index is 1.45. The highest BCUT2D eigenvalue weighted by Gasteiger charge is 2.50. The molecule has 2 saturated heterocycles. The number of ether oxygens (including phenoxy) is 2. The number of hydrogen-bond donors (Lipinski definition) is 4. The van der Waals surface area contributed by atoms with Crippen LogP contribution in [0.2, 0.25) is 0 Å². The zero-order valence-corrected chi connectivity index (χ0v) is 24.1. The van der Waals surface area contributed by atoms with E-state index in [0.29, 0.717) is 31.1 Å². The van der Waals surface area contributed by atoms with Gasteiger partial charge in [-0.3, -0.25) is 24.0 Å². The number of nitrogens with one attached hydrogen (secondary N) is 4. The number of Topliss-reactive ketones (excluding diaryl/α,β-unsaturated/α-hetero) is 1. The molecule has 2 heterocycles. The highest BCUT2D eigenvalue weighted by atomic mass is 16.6. The van der Waals surface area contributed by atoms with Crippen LogP contribution in [0.15, 0.2) is 24.3 Å². The first kappa shape index (κ1) is 30.5. The van der Waals surface area contributed by atoms with Crippen LogP contribution in [-0.2, 0) is 35.1 Å². The van der Waals surface area contributed by atoms with Crippen LogP contribution in [0.4, 0.5) is 0 Å². The summed E-state index contributed by atoms with van der Waals surface area (Å²) in [5, 5.41) is 11.1. The molecule has 1 aromatic rings. The molecule has 3 fully saturated rings. The molecule has 224 valence electrons. The summed E-state index contributed by atoms with van der Waals surface area (Å²) in [4.78, 5) is 64.3. The molecule has 1 saturated carbocycles. The van der Waals surface area contributed by atoms with Crippen LogP contribution in [0, 0.1) is 11.8 Å². The summed E-state index contributed by atoms with van der Waals surface area (Å²) in [5.74, 6) is -0.980. The van der Waals surface area contributed by atoms with Gasteiger partial charge in [0.1, 0.15) is 23.4 Å². The maximum atomic E-state index is 13.7. The Labute approximate surface area is 240 Å². The average molecular weight is 571 g/mol. The topological polar surface area (TPSA) is 155 Å². The van der Waals surface area contributed by atoms with Crippen LogP contribution >= 0.6 is 0 Å². The Morgan fingerprint density at radius 3 is 2.27 bits per heavy atom. The second-order valence-corrected chi connectivity index (χ2v) is 11.7. The maximum absolute atomic E-state index is 13.7. The third kappa shape index (κ3) is 8.28. The zero-order valence-electron chi connectivity index (χ0n) is 24.1. The summed E-state index contributed by atoms with van der Waals surface area (Å²) in [5.41, 5.74) is -0.0973. The van der Waals surface area contributed by atoms with Gasteiger partial charge in [-0.05, 0) is 50.3 Å². The molecular weight excluding hydrogens is 528 g/mol. The van der Waals surface area contributed by atoms with E-state index < -0.39 is 41.5 Å². The lowest BCUT2D eigenvalue weighted by atomic mass is 9.90. The van der Waals surface area contributed by atoms with E-state index in [2.05, 4.69) is 21.3 Å². The molecule has 0 aromatic heterocycles. The van der Waals surface area contributed by atoms with Crippen molar-refractivity contribution >= 4 is 29.4 Å². The van der Waals surface area contributed by atoms with Gasteiger partial charge in [-0.2, -0.15) is 0 Å². The summed E-state index contributed by atoms with van der Waals surface area (Å²) < 4.78 is 10.6. The van der Waals surface area contributed by atoms with Crippen LogP contribution in [-0.4, -0.2) is 73.4 Å². The van der Waals surface area contributed by atoms with Crippen molar-refractivity contribution in [2.45, 2.75) is 88.9 Å². The minimum absolute atomic E-state index is 0.0980. The van der Waals surface area contributed by atoms with E-state index in [4.69, 9.17) is 9.47 Å². The molecule has 1 aliphatic carbocycles. The molecule has 4 rings (SSSR count). The van der Waals surface area contributed by atoms with Crippen molar-refractivity contribution in [3.05, 3.63) is 29.8 Å². The number of ketones is 1. The Hall–Kier alpha value is -3.47. The molecule has 11 heteroatoms. The van der Waals surface area contributed by atoms with E-state index >= 15 is 0 Å². The van der Waals surface area contributed by atoms with Crippen molar-refractivity contribution in [3.63, 3.8) is 0 Å². The molecule has 0 spiro atoms. The van der Waals surface area contributed by atoms with Crippen LogP contribution in [0.1, 0.15) is 64.4 Å². The van der Waals surface area contributed by atoms with Crippen molar-refractivity contribution in [1.82, 2.24) is 21.3 Å². The summed E-state index contributed by atoms with van der Waals surface area (Å²) in [7, 11) is 1.56. The highest BCUT2D eigenvalue weighted by molar-refractivity contribution is 5.98. The third-order valence-electron chi connectivity index (χ3n) is 8.40. The van der Waals surface area contributed by atoms with Crippen LogP contribution in [0.5, 0.6) is 5.75 Å². The summed E-state index contributed by atoms with van der Waals surface area (Å²) in [6, 6.07) is 4.55. The number of hydrogen-bond acceptors (Lipinski definition) is 7. The lowest BCUT2D eigenvalue weighted by molar-refractivity contribution is -0.135. The van der Waals surface area contributed by atoms with Gasteiger partial charge in [0.15, 0.2) is 5.78 Å². The second kappa shape index (κ2) is 13.5. The van der Waals surface area contributed by atoms with Gasteiger partial charge in [0.05, 0.1) is 25.7 Å². The monoisotopic (exact) mass is 570 g/mol. The fraction of sp³-hybridized carbons (Fsp3) is 0.633. The normalized spacial score (nSPS) is 24.4. The molecule has 0 radical (unpaired) electrons. The number of carbonyl (C=O) groups excluding carboxylic acids is 5. The van der Waals surface area contributed by atoms with E-state index in [1.807, 2.05) is 12.1 Å². The first-order valence-electron chi connectivity index (χ1n) is 14.6. The molecule has 41 heavy (non-hydrogen) atoms.